The maximum absolute atomic E-state index is 5.25. The Bertz CT molecular complexity index is 965. The van der Waals surface area contributed by atoms with E-state index in [0.29, 0.717) is 0 Å². The molecule has 0 unspecified atom stereocenters. The van der Waals surface area contributed by atoms with E-state index in [4.69, 9.17) is 9.98 Å². The molecule has 0 radical (unpaired) electrons. The largest absolute Gasteiger partial charge is 0.252 e. The normalized spacial score (nSPS) is 12.1. The van der Waals surface area contributed by atoms with Crippen LogP contribution in [-0.4, -0.2) is 11.4 Å². The summed E-state index contributed by atoms with van der Waals surface area (Å²) in [4.78, 5) is 10.5. The molecule has 0 N–H and O–H groups in total. The van der Waals surface area contributed by atoms with Gasteiger partial charge in [-0.1, -0.05) is 103 Å². The second kappa shape index (κ2) is 21.1. The predicted molar refractivity (Wildman–Crippen MR) is 171 cm³/mol. The smallest absolute Gasteiger partial charge is 0.0639 e. The summed E-state index contributed by atoms with van der Waals surface area (Å²) >= 11 is 0. The molecule has 0 fully saturated rings. The molecule has 0 aromatic heterocycles. The van der Waals surface area contributed by atoms with Gasteiger partial charge >= 0.3 is 0 Å². The Kier molecular flexibility index (Phi) is 19.1. The zero-order valence-corrected chi connectivity index (χ0v) is 27.0. The SMILES string of the molecule is CCCCCCCCCCCCCCC(=N\c1cc(C)cc(C)c1)/C(CCCC)=N/c1cc(C)cc(C)c1.[Ni]. The van der Waals surface area contributed by atoms with Crippen LogP contribution in [0.15, 0.2) is 46.4 Å². The first-order valence-electron chi connectivity index (χ1n) is 15.7. The van der Waals surface area contributed by atoms with Crippen molar-refractivity contribution in [3.63, 3.8) is 0 Å². The van der Waals surface area contributed by atoms with Crippen molar-refractivity contribution in [2.24, 2.45) is 9.98 Å². The molecule has 2 rings (SSSR count). The van der Waals surface area contributed by atoms with Crippen molar-refractivity contribution in [3.05, 3.63) is 58.7 Å². The Balaban J connectivity index is 0.00000760. The van der Waals surface area contributed by atoms with E-state index in [0.717, 1.165) is 30.6 Å². The summed E-state index contributed by atoms with van der Waals surface area (Å²) in [5, 5.41) is 0. The van der Waals surface area contributed by atoms with Crippen LogP contribution in [0.3, 0.4) is 0 Å². The average molecular weight is 576 g/mol. The van der Waals surface area contributed by atoms with Crippen LogP contribution in [0.1, 0.15) is 139 Å². The maximum atomic E-state index is 5.25. The predicted octanol–water partition coefficient (Wildman–Crippen LogP) is 12.0. The molecule has 2 nitrogen and oxygen atoms in total. The van der Waals surface area contributed by atoms with Gasteiger partial charge in [-0.3, -0.25) is 9.98 Å². The summed E-state index contributed by atoms with van der Waals surface area (Å²) in [5.41, 5.74) is 9.59. The molecule has 0 heterocycles. The van der Waals surface area contributed by atoms with Crippen molar-refractivity contribution in [2.75, 3.05) is 0 Å². The number of rotatable bonds is 19. The molecule has 39 heavy (non-hydrogen) atoms. The number of nitrogens with zero attached hydrogens (tertiary/aromatic N) is 2. The zero-order chi connectivity index (χ0) is 27.6. The second-order valence-electron chi connectivity index (χ2n) is 11.6. The van der Waals surface area contributed by atoms with E-state index in [1.165, 1.54) is 117 Å². The summed E-state index contributed by atoms with van der Waals surface area (Å²) < 4.78 is 0. The molecular weight excluding hydrogens is 519 g/mol. The fourth-order valence-corrected chi connectivity index (χ4v) is 5.35. The molecule has 0 aliphatic carbocycles. The van der Waals surface area contributed by atoms with Gasteiger partial charge in [0.2, 0.25) is 0 Å². The summed E-state index contributed by atoms with van der Waals surface area (Å²) in [7, 11) is 0. The van der Waals surface area contributed by atoms with Gasteiger partial charge < -0.3 is 0 Å². The summed E-state index contributed by atoms with van der Waals surface area (Å²) in [6, 6.07) is 13.3. The first-order chi connectivity index (χ1) is 18.4. The zero-order valence-electron chi connectivity index (χ0n) is 26.0. The van der Waals surface area contributed by atoms with E-state index >= 15 is 0 Å². The minimum Gasteiger partial charge on any atom is -0.252 e. The molecule has 2 aromatic rings. The van der Waals surface area contributed by atoms with Crippen LogP contribution < -0.4 is 0 Å². The molecule has 0 amide bonds. The molecule has 0 saturated heterocycles. The van der Waals surface area contributed by atoms with Crippen molar-refractivity contribution < 1.29 is 16.5 Å². The van der Waals surface area contributed by atoms with Gasteiger partial charge in [0.25, 0.3) is 0 Å². The minimum absolute atomic E-state index is 0. The van der Waals surface area contributed by atoms with Gasteiger partial charge in [-0.05, 0) is 99.9 Å². The Morgan fingerprint density at radius 1 is 0.436 bits per heavy atom. The van der Waals surface area contributed by atoms with Crippen LogP contribution in [0.5, 0.6) is 0 Å². The number of unbranched alkanes of at least 4 members (excludes halogenated alkanes) is 12. The molecule has 0 saturated carbocycles. The third-order valence-electron chi connectivity index (χ3n) is 7.31. The van der Waals surface area contributed by atoms with E-state index in [1.54, 1.807) is 0 Å². The van der Waals surface area contributed by atoms with Gasteiger partial charge in [0, 0.05) is 16.5 Å². The first kappa shape index (κ1) is 35.3. The van der Waals surface area contributed by atoms with Crippen LogP contribution in [0.25, 0.3) is 0 Å². The number of hydrogen-bond donors (Lipinski definition) is 0. The van der Waals surface area contributed by atoms with E-state index in [9.17, 15) is 0 Å². The van der Waals surface area contributed by atoms with Crippen molar-refractivity contribution in [3.8, 4) is 0 Å². The third kappa shape index (κ3) is 15.6. The third-order valence-corrected chi connectivity index (χ3v) is 7.31. The Labute approximate surface area is 251 Å². The second-order valence-corrected chi connectivity index (χ2v) is 11.6. The van der Waals surface area contributed by atoms with Crippen molar-refractivity contribution >= 4 is 22.8 Å². The minimum atomic E-state index is 0. The topological polar surface area (TPSA) is 24.7 Å². The monoisotopic (exact) mass is 574 g/mol. The van der Waals surface area contributed by atoms with Crippen LogP contribution in [0.4, 0.5) is 11.4 Å². The van der Waals surface area contributed by atoms with Crippen LogP contribution >= 0.6 is 0 Å². The van der Waals surface area contributed by atoms with E-state index < -0.39 is 0 Å². The molecule has 2 aromatic carbocycles. The van der Waals surface area contributed by atoms with Gasteiger partial charge in [0.05, 0.1) is 22.8 Å². The van der Waals surface area contributed by atoms with Gasteiger partial charge in [-0.2, -0.15) is 0 Å². The van der Waals surface area contributed by atoms with Crippen molar-refractivity contribution in [1.29, 1.82) is 0 Å². The Hall–Kier alpha value is -1.73. The quantitative estimate of drug-likeness (QED) is 0.0904. The number of benzene rings is 2. The Morgan fingerprint density at radius 2 is 0.744 bits per heavy atom. The van der Waals surface area contributed by atoms with E-state index in [2.05, 4.69) is 77.9 Å². The molecular formula is C36H56N2Ni. The van der Waals surface area contributed by atoms with Crippen LogP contribution in [0.2, 0.25) is 0 Å². The summed E-state index contributed by atoms with van der Waals surface area (Å²) in [6.45, 7) is 13.2. The molecule has 0 atom stereocenters. The molecule has 0 aliphatic heterocycles. The fourth-order valence-electron chi connectivity index (χ4n) is 5.35. The first-order valence-corrected chi connectivity index (χ1v) is 15.7. The van der Waals surface area contributed by atoms with Gasteiger partial charge in [-0.25, -0.2) is 0 Å². The maximum Gasteiger partial charge on any atom is 0.0639 e. The molecule has 0 bridgehead atoms. The molecule has 3 heteroatoms. The average Bonchev–Trinajstić information content (AvgIpc) is 2.85. The fraction of sp³-hybridized carbons (Fsp3) is 0.611. The van der Waals surface area contributed by atoms with Crippen LogP contribution in [0, 0.1) is 27.7 Å². The molecule has 220 valence electrons. The summed E-state index contributed by atoms with van der Waals surface area (Å²) in [5.74, 6) is 0. The van der Waals surface area contributed by atoms with Gasteiger partial charge in [0.15, 0.2) is 0 Å². The van der Waals surface area contributed by atoms with E-state index in [1.807, 2.05) is 0 Å². The number of hydrogen-bond acceptors (Lipinski definition) is 2. The van der Waals surface area contributed by atoms with Crippen LogP contribution in [-0.2, 0) is 16.5 Å². The standard InChI is InChI=1S/C36H56N2.Ni/c1-7-9-11-12-13-14-15-16-17-18-19-20-22-36(38-34-27-31(5)24-32(6)28-34)35(21-10-8-2)37-33-25-29(3)23-30(4)26-33;/h23-28H,7-22H2,1-6H3;/b37-35+,38-36+;. The number of aliphatic imine (C=N–C) groups is 2. The Morgan fingerprint density at radius 3 is 1.10 bits per heavy atom. The van der Waals surface area contributed by atoms with Gasteiger partial charge in [-0.15, -0.1) is 0 Å². The molecule has 0 aliphatic rings. The van der Waals surface area contributed by atoms with Gasteiger partial charge in [0.1, 0.15) is 0 Å². The summed E-state index contributed by atoms with van der Waals surface area (Å²) in [6.07, 6.45) is 20.8. The van der Waals surface area contributed by atoms with E-state index in [-0.39, 0.29) is 16.5 Å². The molecule has 0 spiro atoms. The van der Waals surface area contributed by atoms with Crippen molar-refractivity contribution in [2.45, 2.75) is 144 Å². The van der Waals surface area contributed by atoms with Crippen molar-refractivity contribution in [1.82, 2.24) is 0 Å². The number of aryl methyl sites for hydroxylation is 4.